The molecular formula is C24H22N2O2. The van der Waals surface area contributed by atoms with Crippen LogP contribution in [0, 0.1) is 0 Å². The number of pyridine rings is 1. The number of nitrogens with zero attached hydrogens (tertiary/aromatic N) is 2. The summed E-state index contributed by atoms with van der Waals surface area (Å²) in [5.41, 5.74) is 2.23. The number of fused-ring (bicyclic) bond motifs is 2. The zero-order chi connectivity index (χ0) is 18.9. The van der Waals surface area contributed by atoms with Crippen molar-refractivity contribution in [2.75, 3.05) is 31.7 Å². The number of rotatable bonds is 3. The Morgan fingerprint density at radius 3 is 2.68 bits per heavy atom. The molecule has 140 valence electrons. The van der Waals surface area contributed by atoms with Gasteiger partial charge in [0.2, 0.25) is 0 Å². The highest BCUT2D eigenvalue weighted by Gasteiger charge is 2.23. The smallest absolute Gasteiger partial charge is 0.129 e. The average molecular weight is 370 g/mol. The van der Waals surface area contributed by atoms with E-state index in [9.17, 15) is 0 Å². The van der Waals surface area contributed by atoms with Crippen LogP contribution in [-0.2, 0) is 4.74 Å². The van der Waals surface area contributed by atoms with Crippen LogP contribution in [0.2, 0.25) is 0 Å². The number of morpholine rings is 1. The van der Waals surface area contributed by atoms with E-state index in [4.69, 9.17) is 14.5 Å². The van der Waals surface area contributed by atoms with Crippen LogP contribution in [0.25, 0.3) is 21.7 Å². The van der Waals surface area contributed by atoms with E-state index in [0.717, 1.165) is 30.2 Å². The van der Waals surface area contributed by atoms with Crippen molar-refractivity contribution in [1.82, 2.24) is 4.98 Å². The fourth-order valence-corrected chi connectivity index (χ4v) is 3.86. The van der Waals surface area contributed by atoms with Gasteiger partial charge in [0, 0.05) is 18.5 Å². The maximum atomic E-state index is 6.10. The normalized spacial score (nSPS) is 17.2. The number of para-hydroxylation sites is 1. The number of hydrogen-bond donors (Lipinski definition) is 0. The van der Waals surface area contributed by atoms with E-state index in [0.29, 0.717) is 6.61 Å². The molecule has 3 aromatic carbocycles. The third kappa shape index (κ3) is 3.16. The van der Waals surface area contributed by atoms with Gasteiger partial charge in [-0.2, -0.15) is 0 Å². The molecule has 5 rings (SSSR count). The van der Waals surface area contributed by atoms with Crippen LogP contribution in [0.1, 0.15) is 11.7 Å². The van der Waals surface area contributed by atoms with E-state index in [-0.39, 0.29) is 6.10 Å². The van der Waals surface area contributed by atoms with Crippen LogP contribution in [0.5, 0.6) is 5.75 Å². The van der Waals surface area contributed by atoms with E-state index in [1.54, 1.807) is 7.11 Å². The maximum Gasteiger partial charge on any atom is 0.129 e. The predicted molar refractivity (Wildman–Crippen MR) is 113 cm³/mol. The average Bonchev–Trinajstić information content (AvgIpc) is 2.78. The highest BCUT2D eigenvalue weighted by Crippen LogP contribution is 2.29. The molecule has 4 nitrogen and oxygen atoms in total. The van der Waals surface area contributed by atoms with Crippen LogP contribution in [0.4, 0.5) is 5.82 Å². The minimum absolute atomic E-state index is 0.0357. The second-order valence-corrected chi connectivity index (χ2v) is 7.14. The molecule has 2 heterocycles. The van der Waals surface area contributed by atoms with E-state index in [1.807, 2.05) is 18.2 Å². The van der Waals surface area contributed by atoms with Crippen molar-refractivity contribution in [3.8, 4) is 5.75 Å². The van der Waals surface area contributed by atoms with Gasteiger partial charge in [0.05, 0.1) is 19.2 Å². The van der Waals surface area contributed by atoms with Gasteiger partial charge in [-0.25, -0.2) is 4.98 Å². The Kier molecular flexibility index (Phi) is 4.34. The molecule has 4 aromatic rings. The summed E-state index contributed by atoms with van der Waals surface area (Å²) in [5.74, 6) is 1.89. The zero-order valence-electron chi connectivity index (χ0n) is 15.8. The molecule has 1 atom stereocenters. The molecule has 0 amide bonds. The zero-order valence-corrected chi connectivity index (χ0v) is 15.8. The molecule has 0 bridgehead atoms. The molecule has 1 aromatic heterocycles. The van der Waals surface area contributed by atoms with E-state index >= 15 is 0 Å². The molecule has 0 aliphatic carbocycles. The van der Waals surface area contributed by atoms with Crippen LogP contribution >= 0.6 is 0 Å². The highest BCUT2D eigenvalue weighted by molar-refractivity contribution is 5.84. The lowest BCUT2D eigenvalue weighted by Gasteiger charge is -2.34. The van der Waals surface area contributed by atoms with Crippen molar-refractivity contribution in [2.24, 2.45) is 0 Å². The molecule has 0 N–H and O–H groups in total. The fraction of sp³-hybridized carbons (Fsp3) is 0.208. The van der Waals surface area contributed by atoms with E-state index in [2.05, 4.69) is 59.5 Å². The summed E-state index contributed by atoms with van der Waals surface area (Å²) in [5, 5.41) is 3.54. The number of methoxy groups -OCH3 is 1. The minimum Gasteiger partial charge on any atom is -0.497 e. The van der Waals surface area contributed by atoms with Crippen molar-refractivity contribution < 1.29 is 9.47 Å². The van der Waals surface area contributed by atoms with Crippen LogP contribution in [-0.4, -0.2) is 31.8 Å². The molecular weight excluding hydrogens is 348 g/mol. The molecule has 1 fully saturated rings. The van der Waals surface area contributed by atoms with Crippen molar-refractivity contribution >= 4 is 27.5 Å². The van der Waals surface area contributed by atoms with Crippen molar-refractivity contribution in [3.63, 3.8) is 0 Å². The lowest BCUT2D eigenvalue weighted by atomic mass is 10.0. The molecule has 0 radical (unpaired) electrons. The quantitative estimate of drug-likeness (QED) is 0.510. The Morgan fingerprint density at radius 2 is 1.75 bits per heavy atom. The number of aromatic nitrogens is 1. The van der Waals surface area contributed by atoms with Crippen molar-refractivity contribution in [3.05, 3.63) is 78.4 Å². The number of ether oxygens (including phenoxy) is 2. The van der Waals surface area contributed by atoms with Crippen LogP contribution in [0.15, 0.2) is 72.8 Å². The molecule has 0 saturated carbocycles. The van der Waals surface area contributed by atoms with Crippen LogP contribution < -0.4 is 9.64 Å². The number of hydrogen-bond acceptors (Lipinski definition) is 4. The SMILES string of the molecule is COc1ccc2cc([C@@H]3CN(c4ccc5ccccc5n4)CCO3)ccc2c1. The first kappa shape index (κ1) is 17.0. The molecule has 0 spiro atoms. The van der Waals surface area contributed by atoms with Gasteiger partial charge in [-0.3, -0.25) is 0 Å². The Morgan fingerprint density at radius 1 is 0.929 bits per heavy atom. The first-order valence-electron chi connectivity index (χ1n) is 9.60. The van der Waals surface area contributed by atoms with E-state index < -0.39 is 0 Å². The standard InChI is InChI=1S/C24H22N2O2/c1-27-21-10-8-18-14-20(7-6-19(18)15-21)23-16-26(12-13-28-23)24-11-9-17-4-2-3-5-22(17)25-24/h2-11,14-15,23H,12-13,16H2,1H3/t23-/m0/s1. The summed E-state index contributed by atoms with van der Waals surface area (Å²) in [6.07, 6.45) is 0.0357. The molecule has 28 heavy (non-hydrogen) atoms. The summed E-state index contributed by atoms with van der Waals surface area (Å²) in [4.78, 5) is 7.17. The van der Waals surface area contributed by atoms with Crippen molar-refractivity contribution in [1.29, 1.82) is 0 Å². The summed E-state index contributed by atoms with van der Waals surface area (Å²) in [6, 6.07) is 25.2. The van der Waals surface area contributed by atoms with Gasteiger partial charge in [0.15, 0.2) is 0 Å². The Bertz CT molecular complexity index is 1140. The topological polar surface area (TPSA) is 34.6 Å². The highest BCUT2D eigenvalue weighted by atomic mass is 16.5. The van der Waals surface area contributed by atoms with Gasteiger partial charge in [-0.1, -0.05) is 36.4 Å². The third-order valence-electron chi connectivity index (χ3n) is 5.42. The molecule has 1 aliphatic heterocycles. The second kappa shape index (κ2) is 7.13. The first-order chi connectivity index (χ1) is 13.8. The Balaban J connectivity index is 1.42. The summed E-state index contributed by atoms with van der Waals surface area (Å²) >= 11 is 0. The molecule has 1 aliphatic rings. The summed E-state index contributed by atoms with van der Waals surface area (Å²) in [7, 11) is 1.70. The Hall–Kier alpha value is -3.11. The minimum atomic E-state index is 0.0357. The largest absolute Gasteiger partial charge is 0.497 e. The first-order valence-corrected chi connectivity index (χ1v) is 9.60. The monoisotopic (exact) mass is 370 g/mol. The molecule has 4 heteroatoms. The van der Waals surface area contributed by atoms with Gasteiger partial charge in [0.1, 0.15) is 17.7 Å². The maximum absolute atomic E-state index is 6.10. The molecule has 0 unspecified atom stereocenters. The lowest BCUT2D eigenvalue weighted by molar-refractivity contribution is 0.0396. The second-order valence-electron chi connectivity index (χ2n) is 7.14. The van der Waals surface area contributed by atoms with Crippen LogP contribution in [0.3, 0.4) is 0 Å². The summed E-state index contributed by atoms with van der Waals surface area (Å²) in [6.45, 7) is 2.35. The van der Waals surface area contributed by atoms with Gasteiger partial charge in [0.25, 0.3) is 0 Å². The van der Waals surface area contributed by atoms with Gasteiger partial charge >= 0.3 is 0 Å². The number of anilines is 1. The molecule has 1 saturated heterocycles. The Labute approximate surface area is 164 Å². The van der Waals surface area contributed by atoms with Gasteiger partial charge < -0.3 is 14.4 Å². The fourth-order valence-electron chi connectivity index (χ4n) is 3.86. The summed E-state index contributed by atoms with van der Waals surface area (Å²) < 4.78 is 11.4. The van der Waals surface area contributed by atoms with Gasteiger partial charge in [-0.15, -0.1) is 0 Å². The predicted octanol–water partition coefficient (Wildman–Crippen LogP) is 4.97. The number of benzene rings is 3. The lowest BCUT2D eigenvalue weighted by Crippen LogP contribution is -2.38. The third-order valence-corrected chi connectivity index (χ3v) is 5.42. The van der Waals surface area contributed by atoms with E-state index in [1.165, 1.54) is 21.7 Å². The van der Waals surface area contributed by atoms with Crippen molar-refractivity contribution in [2.45, 2.75) is 6.10 Å². The van der Waals surface area contributed by atoms with Gasteiger partial charge in [-0.05, 0) is 52.7 Å².